The van der Waals surface area contributed by atoms with Crippen molar-refractivity contribution in [3.63, 3.8) is 0 Å². The van der Waals surface area contributed by atoms with Gasteiger partial charge in [0.15, 0.2) is 18.2 Å². The van der Waals surface area contributed by atoms with Crippen molar-refractivity contribution in [3.05, 3.63) is 35.9 Å². The van der Waals surface area contributed by atoms with Crippen molar-refractivity contribution in [2.24, 2.45) is 5.92 Å². The van der Waals surface area contributed by atoms with E-state index in [2.05, 4.69) is 0 Å². The minimum atomic E-state index is -1.61. The number of ether oxygens (including phenoxy) is 2. The van der Waals surface area contributed by atoms with Crippen LogP contribution in [0.25, 0.3) is 0 Å². The van der Waals surface area contributed by atoms with E-state index in [1.807, 2.05) is 25.2 Å². The van der Waals surface area contributed by atoms with Crippen molar-refractivity contribution in [3.8, 4) is 0 Å². The lowest BCUT2D eigenvalue weighted by Crippen LogP contribution is -2.48. The molecule has 6 heteroatoms. The number of quaternary nitrogens is 1. The molecule has 2 fully saturated rings. The van der Waals surface area contributed by atoms with Crippen LogP contribution < -0.4 is 0 Å². The molecule has 3 rings (SSSR count). The lowest BCUT2D eigenvalue weighted by molar-refractivity contribution is -0.891. The van der Waals surface area contributed by atoms with Gasteiger partial charge in [0.25, 0.3) is 0 Å². The first-order valence-corrected chi connectivity index (χ1v) is 10.4. The smallest absolute Gasteiger partial charge is 0.361 e. The van der Waals surface area contributed by atoms with Gasteiger partial charge in [0.1, 0.15) is 6.54 Å². The zero-order valence-corrected chi connectivity index (χ0v) is 16.9. The molecule has 154 valence electrons. The van der Waals surface area contributed by atoms with E-state index in [1.165, 1.54) is 0 Å². The van der Waals surface area contributed by atoms with Gasteiger partial charge in [-0.3, -0.25) is 0 Å². The number of benzene rings is 1. The van der Waals surface area contributed by atoms with Gasteiger partial charge < -0.3 is 19.1 Å². The monoisotopic (exact) mass is 390 g/mol. The van der Waals surface area contributed by atoms with Crippen LogP contribution in [0.15, 0.2) is 30.3 Å². The van der Waals surface area contributed by atoms with E-state index in [0.29, 0.717) is 29.6 Å². The van der Waals surface area contributed by atoms with Crippen molar-refractivity contribution in [2.45, 2.75) is 50.7 Å². The molecule has 0 amide bonds. The van der Waals surface area contributed by atoms with Gasteiger partial charge >= 0.3 is 11.9 Å². The highest BCUT2D eigenvalue weighted by Gasteiger charge is 2.50. The van der Waals surface area contributed by atoms with Gasteiger partial charge in [-0.1, -0.05) is 43.2 Å². The normalized spacial score (nSPS) is 27.3. The molecule has 3 atom stereocenters. The standard InChI is InChI=1S/C22H32NO5/c1-3-27-20(24)16-23(2)14-13-19(15-23)28-21(25)22(26,18-11-7-8-12-18)17-9-5-4-6-10-17/h4-6,9-10,18-19,26H,3,7-8,11-16H2,1-2H3/q+1/t19-,22?,23?/m0/s1. The van der Waals surface area contributed by atoms with Crippen LogP contribution in [0, 0.1) is 5.92 Å². The molecule has 1 aromatic rings. The van der Waals surface area contributed by atoms with Crippen molar-refractivity contribution >= 4 is 11.9 Å². The van der Waals surface area contributed by atoms with E-state index < -0.39 is 11.6 Å². The average molecular weight is 391 g/mol. The van der Waals surface area contributed by atoms with Crippen LogP contribution in [-0.4, -0.2) is 60.9 Å². The van der Waals surface area contributed by atoms with Gasteiger partial charge in [0.05, 0.1) is 20.2 Å². The second-order valence-electron chi connectivity index (χ2n) is 8.42. The first-order chi connectivity index (χ1) is 13.4. The van der Waals surface area contributed by atoms with Gasteiger partial charge in [0.2, 0.25) is 0 Å². The predicted octanol–water partition coefficient (Wildman–Crippen LogP) is 2.39. The predicted molar refractivity (Wildman–Crippen MR) is 104 cm³/mol. The largest absolute Gasteiger partial charge is 0.462 e. The Morgan fingerprint density at radius 3 is 2.50 bits per heavy atom. The molecular weight excluding hydrogens is 358 g/mol. The van der Waals surface area contributed by atoms with Gasteiger partial charge in [-0.2, -0.15) is 0 Å². The van der Waals surface area contributed by atoms with E-state index in [9.17, 15) is 14.7 Å². The first kappa shape index (κ1) is 20.8. The zero-order chi connectivity index (χ0) is 20.2. The number of carbonyl (C=O) groups excluding carboxylic acids is 2. The van der Waals surface area contributed by atoms with Gasteiger partial charge in [-0.25, -0.2) is 9.59 Å². The summed E-state index contributed by atoms with van der Waals surface area (Å²) >= 11 is 0. The van der Waals surface area contributed by atoms with Crippen LogP contribution in [-0.2, 0) is 24.7 Å². The van der Waals surface area contributed by atoms with E-state index in [0.717, 1.165) is 32.2 Å². The summed E-state index contributed by atoms with van der Waals surface area (Å²) in [6.45, 7) is 3.72. The quantitative estimate of drug-likeness (QED) is 0.572. The molecule has 1 saturated heterocycles. The van der Waals surface area contributed by atoms with Gasteiger partial charge in [-0.05, 0) is 25.3 Å². The van der Waals surface area contributed by atoms with Crippen LogP contribution in [0.5, 0.6) is 0 Å². The fourth-order valence-electron chi connectivity index (χ4n) is 4.69. The summed E-state index contributed by atoms with van der Waals surface area (Å²) < 4.78 is 11.4. The number of nitrogens with zero attached hydrogens (tertiary/aromatic N) is 1. The number of hydrogen-bond donors (Lipinski definition) is 1. The molecular formula is C22H32NO5+. The molecule has 1 N–H and O–H groups in total. The van der Waals surface area contributed by atoms with Crippen molar-refractivity contribution in [1.29, 1.82) is 0 Å². The molecule has 2 aliphatic rings. The minimum Gasteiger partial charge on any atom is -0.462 e. The Labute approximate surface area is 167 Å². The highest BCUT2D eigenvalue weighted by Crippen LogP contribution is 2.42. The molecule has 0 spiro atoms. The topological polar surface area (TPSA) is 72.8 Å². The molecule has 1 aliphatic carbocycles. The fraction of sp³-hybridized carbons (Fsp3) is 0.636. The minimum absolute atomic E-state index is 0.121. The molecule has 1 aromatic carbocycles. The third-order valence-corrected chi connectivity index (χ3v) is 6.20. The Bertz CT molecular complexity index is 687. The summed E-state index contributed by atoms with van der Waals surface area (Å²) in [5, 5.41) is 11.5. The number of carbonyl (C=O) groups is 2. The molecule has 1 aliphatic heterocycles. The lowest BCUT2D eigenvalue weighted by atomic mass is 9.80. The second kappa shape index (κ2) is 8.62. The first-order valence-electron chi connectivity index (χ1n) is 10.4. The second-order valence-corrected chi connectivity index (χ2v) is 8.42. The molecule has 28 heavy (non-hydrogen) atoms. The van der Waals surface area contributed by atoms with E-state index >= 15 is 0 Å². The zero-order valence-electron chi connectivity index (χ0n) is 16.9. The van der Waals surface area contributed by atoms with E-state index in [1.54, 1.807) is 19.1 Å². The molecule has 0 radical (unpaired) electrons. The molecule has 1 heterocycles. The number of aliphatic hydroxyl groups is 1. The maximum Gasteiger partial charge on any atom is 0.361 e. The molecule has 0 bridgehead atoms. The van der Waals surface area contributed by atoms with Gasteiger partial charge in [0, 0.05) is 12.3 Å². The molecule has 0 aromatic heterocycles. The Kier molecular flexibility index (Phi) is 6.40. The lowest BCUT2D eigenvalue weighted by Gasteiger charge is -2.33. The van der Waals surface area contributed by atoms with Crippen molar-refractivity contribution in [1.82, 2.24) is 0 Å². The Morgan fingerprint density at radius 1 is 1.18 bits per heavy atom. The SMILES string of the molecule is CCOC(=O)C[N+]1(C)CC[C@H](OC(=O)C(O)(c2ccccc2)C2CCCC2)C1. The highest BCUT2D eigenvalue weighted by atomic mass is 16.6. The molecule has 6 nitrogen and oxygen atoms in total. The summed E-state index contributed by atoms with van der Waals surface area (Å²) in [5.41, 5.74) is -1.00. The highest BCUT2D eigenvalue weighted by molar-refractivity contribution is 5.81. The maximum absolute atomic E-state index is 13.2. The summed E-state index contributed by atoms with van der Waals surface area (Å²) in [6, 6.07) is 9.15. The Morgan fingerprint density at radius 2 is 1.86 bits per heavy atom. The summed E-state index contributed by atoms with van der Waals surface area (Å²) in [6.07, 6.45) is 4.06. The number of likely N-dealkylation sites (tertiary alicyclic amines) is 1. The summed E-state index contributed by atoms with van der Waals surface area (Å²) in [5.74, 6) is -0.909. The Hall–Kier alpha value is -1.92. The fourth-order valence-corrected chi connectivity index (χ4v) is 4.69. The summed E-state index contributed by atoms with van der Waals surface area (Å²) in [4.78, 5) is 25.0. The maximum atomic E-state index is 13.2. The average Bonchev–Trinajstić information content (AvgIpc) is 3.32. The van der Waals surface area contributed by atoms with Crippen LogP contribution in [0.4, 0.5) is 0 Å². The number of esters is 2. The van der Waals surface area contributed by atoms with Crippen molar-refractivity contribution in [2.75, 3.05) is 33.3 Å². The number of likely N-dealkylation sites (N-methyl/N-ethyl adjacent to an activating group) is 1. The van der Waals surface area contributed by atoms with Gasteiger partial charge in [-0.15, -0.1) is 0 Å². The molecule has 2 unspecified atom stereocenters. The van der Waals surface area contributed by atoms with Crippen molar-refractivity contribution < 1.29 is 28.7 Å². The van der Waals surface area contributed by atoms with Crippen LogP contribution in [0.1, 0.15) is 44.6 Å². The Balaban J connectivity index is 1.70. The van der Waals surface area contributed by atoms with Crippen LogP contribution in [0.3, 0.4) is 0 Å². The van der Waals surface area contributed by atoms with Crippen LogP contribution >= 0.6 is 0 Å². The molecule has 1 saturated carbocycles. The van der Waals surface area contributed by atoms with E-state index in [-0.39, 0.29) is 24.5 Å². The summed E-state index contributed by atoms with van der Waals surface area (Å²) in [7, 11) is 1.98. The number of hydrogen-bond acceptors (Lipinski definition) is 5. The number of rotatable bonds is 7. The van der Waals surface area contributed by atoms with Crippen LogP contribution in [0.2, 0.25) is 0 Å². The van der Waals surface area contributed by atoms with E-state index in [4.69, 9.17) is 9.47 Å². The third-order valence-electron chi connectivity index (χ3n) is 6.20. The third kappa shape index (κ3) is 4.39.